The third kappa shape index (κ3) is 2.24. The molecule has 0 N–H and O–H groups in total. The van der Waals surface area contributed by atoms with Gasteiger partial charge in [-0.2, -0.15) is 0 Å². The second-order valence-corrected chi connectivity index (χ2v) is 7.03. The van der Waals surface area contributed by atoms with Gasteiger partial charge in [-0.3, -0.25) is 0 Å². The van der Waals surface area contributed by atoms with Gasteiger partial charge in [0.15, 0.2) is 0 Å². The SMILES string of the molecule is ClSc1cccc(-c2cccc3c2sc2ccccc23)c1. The monoisotopic (exact) mass is 326 g/mol. The van der Waals surface area contributed by atoms with Gasteiger partial charge >= 0.3 is 0 Å². The predicted octanol–water partition coefficient (Wildman–Crippen LogP) is 6.97. The van der Waals surface area contributed by atoms with Crippen LogP contribution in [0.4, 0.5) is 0 Å². The van der Waals surface area contributed by atoms with Crippen LogP contribution in [0.3, 0.4) is 0 Å². The van der Waals surface area contributed by atoms with Gasteiger partial charge in [-0.25, -0.2) is 0 Å². The summed E-state index contributed by atoms with van der Waals surface area (Å²) >= 11 is 1.86. The van der Waals surface area contributed by atoms with Crippen LogP contribution in [0.15, 0.2) is 71.6 Å². The molecule has 3 aromatic carbocycles. The van der Waals surface area contributed by atoms with E-state index < -0.39 is 0 Å². The summed E-state index contributed by atoms with van der Waals surface area (Å²) in [5.74, 6) is 0. The van der Waals surface area contributed by atoms with E-state index in [2.05, 4.69) is 60.7 Å². The maximum absolute atomic E-state index is 5.89. The van der Waals surface area contributed by atoms with E-state index in [1.165, 1.54) is 42.3 Å². The molecule has 0 atom stereocenters. The molecule has 1 aromatic heterocycles. The Morgan fingerprint density at radius 3 is 2.52 bits per heavy atom. The zero-order valence-corrected chi connectivity index (χ0v) is 13.4. The average Bonchev–Trinajstić information content (AvgIpc) is 2.93. The van der Waals surface area contributed by atoms with E-state index >= 15 is 0 Å². The van der Waals surface area contributed by atoms with Crippen LogP contribution in [0.25, 0.3) is 31.3 Å². The molecule has 0 spiro atoms. The van der Waals surface area contributed by atoms with Gasteiger partial charge < -0.3 is 0 Å². The molecule has 102 valence electrons. The van der Waals surface area contributed by atoms with Crippen molar-refractivity contribution < 1.29 is 0 Å². The van der Waals surface area contributed by atoms with Gasteiger partial charge in [-0.15, -0.1) is 11.3 Å². The Bertz CT molecular complexity index is 940. The lowest BCUT2D eigenvalue weighted by Crippen LogP contribution is -1.78. The average molecular weight is 327 g/mol. The van der Waals surface area contributed by atoms with E-state index in [0.717, 1.165) is 4.90 Å². The number of hydrogen-bond acceptors (Lipinski definition) is 2. The lowest BCUT2D eigenvalue weighted by atomic mass is 10.0. The van der Waals surface area contributed by atoms with E-state index in [-0.39, 0.29) is 0 Å². The fraction of sp³-hybridized carbons (Fsp3) is 0. The van der Waals surface area contributed by atoms with Crippen LogP contribution < -0.4 is 0 Å². The Kier molecular flexibility index (Phi) is 3.38. The molecule has 0 aliphatic heterocycles. The van der Waals surface area contributed by atoms with Gasteiger partial charge in [0.25, 0.3) is 0 Å². The second kappa shape index (κ2) is 5.38. The van der Waals surface area contributed by atoms with Crippen LogP contribution in [-0.4, -0.2) is 0 Å². The standard InChI is InChI=1S/C18H11ClS2/c19-21-13-6-3-5-12(11-13)14-8-4-9-16-15-7-1-2-10-17(15)20-18(14)16/h1-11H. The molecule has 0 nitrogen and oxygen atoms in total. The van der Waals surface area contributed by atoms with Crippen molar-refractivity contribution in [3.05, 3.63) is 66.7 Å². The number of rotatable bonds is 2. The van der Waals surface area contributed by atoms with Crippen LogP contribution in [0.5, 0.6) is 0 Å². The predicted molar refractivity (Wildman–Crippen MR) is 96.5 cm³/mol. The van der Waals surface area contributed by atoms with Gasteiger partial charge in [0, 0.05) is 25.1 Å². The van der Waals surface area contributed by atoms with Gasteiger partial charge in [0.1, 0.15) is 0 Å². The molecule has 0 unspecified atom stereocenters. The zero-order valence-electron chi connectivity index (χ0n) is 11.0. The molecule has 3 heteroatoms. The summed E-state index contributed by atoms with van der Waals surface area (Å²) in [7, 11) is 7.15. The normalized spacial score (nSPS) is 11.3. The van der Waals surface area contributed by atoms with Gasteiger partial charge in [0.2, 0.25) is 0 Å². The van der Waals surface area contributed by atoms with Gasteiger partial charge in [-0.05, 0) is 51.0 Å². The number of benzene rings is 3. The Labute approximate surface area is 135 Å². The number of fused-ring (bicyclic) bond motifs is 3. The highest BCUT2D eigenvalue weighted by molar-refractivity contribution is 8.21. The molecule has 4 aromatic rings. The van der Waals surface area contributed by atoms with Gasteiger partial charge in [-0.1, -0.05) is 48.5 Å². The summed E-state index contributed by atoms with van der Waals surface area (Å²) in [6.45, 7) is 0. The first kappa shape index (κ1) is 13.2. The van der Waals surface area contributed by atoms with Crippen LogP contribution >= 0.6 is 33.0 Å². The number of halogens is 1. The second-order valence-electron chi connectivity index (χ2n) is 4.89. The first-order chi connectivity index (χ1) is 10.4. The minimum Gasteiger partial charge on any atom is -0.135 e. The lowest BCUT2D eigenvalue weighted by molar-refractivity contribution is 1.47. The third-order valence-electron chi connectivity index (χ3n) is 3.64. The van der Waals surface area contributed by atoms with E-state index in [1.54, 1.807) is 0 Å². The highest BCUT2D eigenvalue weighted by Gasteiger charge is 2.10. The largest absolute Gasteiger partial charge is 0.135 e. The smallest absolute Gasteiger partial charge is 0.0433 e. The van der Waals surface area contributed by atoms with Crippen LogP contribution in [0.2, 0.25) is 0 Å². The molecule has 21 heavy (non-hydrogen) atoms. The molecular weight excluding hydrogens is 316 g/mol. The van der Waals surface area contributed by atoms with Crippen LogP contribution in [0.1, 0.15) is 0 Å². The summed E-state index contributed by atoms with van der Waals surface area (Å²) < 4.78 is 2.68. The topological polar surface area (TPSA) is 0 Å². The molecule has 0 bridgehead atoms. The Balaban J connectivity index is 2.04. The van der Waals surface area contributed by atoms with E-state index in [9.17, 15) is 0 Å². The molecule has 0 saturated heterocycles. The first-order valence-electron chi connectivity index (χ1n) is 6.66. The fourth-order valence-corrected chi connectivity index (χ4v) is 4.51. The summed E-state index contributed by atoms with van der Waals surface area (Å²) in [4.78, 5) is 1.08. The summed E-state index contributed by atoms with van der Waals surface area (Å²) in [6, 6.07) is 23.5. The highest BCUT2D eigenvalue weighted by atomic mass is 35.7. The summed E-state index contributed by atoms with van der Waals surface area (Å²) in [5.41, 5.74) is 2.50. The van der Waals surface area contributed by atoms with Crippen molar-refractivity contribution in [2.45, 2.75) is 4.90 Å². The van der Waals surface area contributed by atoms with Crippen molar-refractivity contribution in [2.24, 2.45) is 0 Å². The molecule has 0 aliphatic carbocycles. The zero-order chi connectivity index (χ0) is 14.2. The van der Waals surface area contributed by atoms with Crippen molar-refractivity contribution >= 4 is 53.2 Å². The molecule has 4 rings (SSSR count). The van der Waals surface area contributed by atoms with Crippen molar-refractivity contribution in [1.29, 1.82) is 0 Å². The summed E-state index contributed by atoms with van der Waals surface area (Å²) in [6.07, 6.45) is 0. The maximum Gasteiger partial charge on any atom is 0.0433 e. The Hall–Kier alpha value is -1.48. The minimum atomic E-state index is 1.08. The third-order valence-corrected chi connectivity index (χ3v) is 5.82. The fourth-order valence-electron chi connectivity index (χ4n) is 2.69. The molecule has 0 radical (unpaired) electrons. The quantitative estimate of drug-likeness (QED) is 0.383. The van der Waals surface area contributed by atoms with Crippen molar-refractivity contribution in [3.63, 3.8) is 0 Å². The molecule has 0 fully saturated rings. The Morgan fingerprint density at radius 1 is 0.810 bits per heavy atom. The molecule has 0 amide bonds. The van der Waals surface area contributed by atoms with Crippen molar-refractivity contribution in [1.82, 2.24) is 0 Å². The lowest BCUT2D eigenvalue weighted by Gasteiger charge is -2.05. The summed E-state index contributed by atoms with van der Waals surface area (Å²) in [5, 5.41) is 2.67. The van der Waals surface area contributed by atoms with Crippen LogP contribution in [0, 0.1) is 0 Å². The van der Waals surface area contributed by atoms with E-state index in [0.29, 0.717) is 0 Å². The van der Waals surface area contributed by atoms with Crippen LogP contribution in [-0.2, 0) is 0 Å². The molecule has 0 aliphatic rings. The van der Waals surface area contributed by atoms with E-state index in [4.69, 9.17) is 10.7 Å². The molecule has 0 saturated carbocycles. The van der Waals surface area contributed by atoms with Gasteiger partial charge in [0.05, 0.1) is 0 Å². The molecular formula is C18H11ClS2. The molecule has 1 heterocycles. The number of hydrogen-bond donors (Lipinski definition) is 0. The van der Waals surface area contributed by atoms with Crippen molar-refractivity contribution in [2.75, 3.05) is 0 Å². The Morgan fingerprint density at radius 2 is 1.62 bits per heavy atom. The van der Waals surface area contributed by atoms with E-state index in [1.807, 2.05) is 17.4 Å². The van der Waals surface area contributed by atoms with Crippen molar-refractivity contribution in [3.8, 4) is 11.1 Å². The highest BCUT2D eigenvalue weighted by Crippen LogP contribution is 2.40. The maximum atomic E-state index is 5.89. The number of thiophene rings is 1. The first-order valence-corrected chi connectivity index (χ1v) is 9.12. The minimum absolute atomic E-state index is 1.08.